The number of rotatable bonds is 4. The minimum atomic E-state index is -0.300. The van der Waals surface area contributed by atoms with Crippen molar-refractivity contribution in [3.63, 3.8) is 0 Å². The Kier molecular flexibility index (Phi) is 5.21. The van der Waals surface area contributed by atoms with Crippen LogP contribution in [0.5, 0.6) is 0 Å². The van der Waals surface area contributed by atoms with Crippen LogP contribution in [0.25, 0.3) is 15.9 Å². The van der Waals surface area contributed by atoms with Crippen LogP contribution >= 0.6 is 11.3 Å². The molecule has 5 rings (SSSR count). The van der Waals surface area contributed by atoms with E-state index in [0.717, 1.165) is 59.9 Å². The minimum Gasteiger partial charge on any atom is -0.423 e. The molecule has 1 aliphatic rings. The highest BCUT2D eigenvalue weighted by molar-refractivity contribution is 7.15. The smallest absolute Gasteiger partial charge is 0.336 e. The number of piperazine rings is 1. The summed E-state index contributed by atoms with van der Waals surface area (Å²) in [4.78, 5) is 34.3. The van der Waals surface area contributed by atoms with E-state index in [1.165, 1.54) is 16.9 Å². The Hall–Kier alpha value is -2.81. The Morgan fingerprint density at radius 1 is 0.968 bits per heavy atom. The lowest BCUT2D eigenvalue weighted by atomic mass is 10.0. The van der Waals surface area contributed by atoms with Crippen molar-refractivity contribution in [1.82, 2.24) is 19.2 Å². The Labute approximate surface area is 183 Å². The lowest BCUT2D eigenvalue weighted by molar-refractivity contribution is 0.121. The summed E-state index contributed by atoms with van der Waals surface area (Å²) in [5.74, 6) is 0. The van der Waals surface area contributed by atoms with Crippen LogP contribution in [0.1, 0.15) is 22.4 Å². The van der Waals surface area contributed by atoms with Gasteiger partial charge in [0.25, 0.3) is 5.56 Å². The summed E-state index contributed by atoms with van der Waals surface area (Å²) in [7, 11) is 0. The molecule has 4 heterocycles. The monoisotopic (exact) mass is 436 g/mol. The number of fused-ring (bicyclic) bond motifs is 2. The fourth-order valence-electron chi connectivity index (χ4n) is 4.16. The first-order valence-electron chi connectivity index (χ1n) is 10.4. The highest BCUT2D eigenvalue weighted by Gasteiger charge is 2.19. The van der Waals surface area contributed by atoms with Gasteiger partial charge in [-0.2, -0.15) is 0 Å². The third-order valence-electron chi connectivity index (χ3n) is 6.05. The fraction of sp³-hybridized carbons (Fsp3) is 0.348. The van der Waals surface area contributed by atoms with Gasteiger partial charge in [0.2, 0.25) is 0 Å². The molecule has 1 aromatic carbocycles. The van der Waals surface area contributed by atoms with E-state index in [4.69, 9.17) is 4.42 Å². The number of benzene rings is 1. The molecule has 1 fully saturated rings. The van der Waals surface area contributed by atoms with Crippen molar-refractivity contribution in [2.24, 2.45) is 0 Å². The number of thiazole rings is 1. The summed E-state index contributed by atoms with van der Waals surface area (Å²) in [6.07, 6.45) is 1.76. The molecular formula is C23H24N4O3S. The second-order valence-electron chi connectivity index (χ2n) is 8.22. The molecule has 3 aromatic heterocycles. The van der Waals surface area contributed by atoms with Crippen LogP contribution in [0.3, 0.4) is 0 Å². The number of nitrogens with zero attached hydrogens (tertiary/aromatic N) is 4. The number of hydrogen-bond donors (Lipinski definition) is 0. The molecule has 0 atom stereocenters. The second-order valence-corrected chi connectivity index (χ2v) is 9.09. The maximum atomic E-state index is 12.2. The molecule has 8 heteroatoms. The topological polar surface area (TPSA) is 71.1 Å². The van der Waals surface area contributed by atoms with Crippen LogP contribution in [0.15, 0.2) is 49.8 Å². The van der Waals surface area contributed by atoms with E-state index in [0.29, 0.717) is 12.1 Å². The average molecular weight is 437 g/mol. The van der Waals surface area contributed by atoms with Gasteiger partial charge in [0.05, 0.1) is 5.69 Å². The number of aryl methyl sites for hydroxylation is 2. The summed E-state index contributed by atoms with van der Waals surface area (Å²) in [5, 5.41) is 2.89. The van der Waals surface area contributed by atoms with E-state index in [9.17, 15) is 9.59 Å². The van der Waals surface area contributed by atoms with Crippen molar-refractivity contribution >= 4 is 27.3 Å². The molecule has 1 aliphatic heterocycles. The molecule has 160 valence electrons. The zero-order chi connectivity index (χ0) is 21.5. The molecule has 1 saturated heterocycles. The maximum Gasteiger partial charge on any atom is 0.336 e. The summed E-state index contributed by atoms with van der Waals surface area (Å²) in [6, 6.07) is 7.32. The normalized spacial score (nSPS) is 15.8. The van der Waals surface area contributed by atoms with Crippen molar-refractivity contribution in [3.05, 3.63) is 79.0 Å². The highest BCUT2D eigenvalue weighted by atomic mass is 32.1. The molecule has 0 aliphatic carbocycles. The van der Waals surface area contributed by atoms with E-state index in [1.54, 1.807) is 22.7 Å². The first-order valence-corrected chi connectivity index (χ1v) is 11.3. The van der Waals surface area contributed by atoms with Gasteiger partial charge in [0.1, 0.15) is 5.58 Å². The van der Waals surface area contributed by atoms with Crippen molar-refractivity contribution in [2.45, 2.75) is 26.9 Å². The van der Waals surface area contributed by atoms with Gasteiger partial charge in [-0.3, -0.25) is 19.0 Å². The maximum absolute atomic E-state index is 12.2. The molecular weight excluding hydrogens is 412 g/mol. The lowest BCUT2D eigenvalue weighted by Gasteiger charge is -2.34. The van der Waals surface area contributed by atoms with Gasteiger partial charge in [0.15, 0.2) is 4.96 Å². The van der Waals surface area contributed by atoms with Crippen molar-refractivity contribution in [2.75, 3.05) is 26.2 Å². The van der Waals surface area contributed by atoms with Crippen LogP contribution < -0.4 is 11.2 Å². The van der Waals surface area contributed by atoms with Crippen molar-refractivity contribution < 1.29 is 4.42 Å². The van der Waals surface area contributed by atoms with Crippen LogP contribution in [0, 0.1) is 13.8 Å². The van der Waals surface area contributed by atoms with Crippen LogP contribution in [-0.2, 0) is 13.1 Å². The minimum absolute atomic E-state index is 0.0276. The summed E-state index contributed by atoms with van der Waals surface area (Å²) in [5.41, 5.74) is 4.48. The molecule has 0 N–H and O–H groups in total. The van der Waals surface area contributed by atoms with Crippen LogP contribution in [0.4, 0.5) is 0 Å². The number of aromatic nitrogens is 2. The third-order valence-corrected chi connectivity index (χ3v) is 6.80. The van der Waals surface area contributed by atoms with E-state index >= 15 is 0 Å². The molecule has 0 bridgehead atoms. The largest absolute Gasteiger partial charge is 0.423 e. The molecule has 7 nitrogen and oxygen atoms in total. The SMILES string of the molecule is Cc1cc2oc(=O)cc(CN3CCN(Cc4cc(=O)n5ccsc5n4)CC3)c2cc1C. The van der Waals surface area contributed by atoms with Gasteiger partial charge in [-0.25, -0.2) is 9.78 Å². The lowest BCUT2D eigenvalue weighted by Crippen LogP contribution is -2.45. The molecule has 0 unspecified atom stereocenters. The van der Waals surface area contributed by atoms with E-state index in [2.05, 4.69) is 27.8 Å². The molecule has 31 heavy (non-hydrogen) atoms. The quantitative estimate of drug-likeness (QED) is 0.458. The van der Waals surface area contributed by atoms with Crippen molar-refractivity contribution in [3.8, 4) is 0 Å². The Morgan fingerprint density at radius 3 is 2.45 bits per heavy atom. The Balaban J connectivity index is 1.28. The molecule has 0 radical (unpaired) electrons. The van der Waals surface area contributed by atoms with Crippen molar-refractivity contribution in [1.29, 1.82) is 0 Å². The zero-order valence-electron chi connectivity index (χ0n) is 17.6. The van der Waals surface area contributed by atoms with Gasteiger partial charge >= 0.3 is 5.63 Å². The van der Waals surface area contributed by atoms with E-state index in [-0.39, 0.29) is 11.2 Å². The summed E-state index contributed by atoms with van der Waals surface area (Å²) in [6.45, 7) is 9.08. The molecule has 0 saturated carbocycles. The average Bonchev–Trinajstić information content (AvgIpc) is 3.20. The Bertz CT molecular complexity index is 1380. The number of hydrogen-bond acceptors (Lipinski definition) is 7. The van der Waals surface area contributed by atoms with Gasteiger partial charge < -0.3 is 4.42 Å². The first kappa shape index (κ1) is 20.1. The predicted molar refractivity (Wildman–Crippen MR) is 122 cm³/mol. The summed E-state index contributed by atoms with van der Waals surface area (Å²) < 4.78 is 7.01. The van der Waals surface area contributed by atoms with E-state index < -0.39 is 0 Å². The molecule has 0 amide bonds. The zero-order valence-corrected chi connectivity index (χ0v) is 18.4. The summed E-state index contributed by atoms with van der Waals surface area (Å²) >= 11 is 1.48. The molecule has 0 spiro atoms. The van der Waals surface area contributed by atoms with E-state index in [1.807, 2.05) is 18.4 Å². The second kappa shape index (κ2) is 8.03. The van der Waals surface area contributed by atoms with Gasteiger partial charge in [-0.05, 0) is 42.7 Å². The predicted octanol–water partition coefficient (Wildman–Crippen LogP) is 2.80. The third kappa shape index (κ3) is 4.06. The fourth-order valence-corrected chi connectivity index (χ4v) is 4.90. The van der Waals surface area contributed by atoms with Crippen LogP contribution in [-0.4, -0.2) is 45.4 Å². The Morgan fingerprint density at radius 2 is 1.68 bits per heavy atom. The highest BCUT2D eigenvalue weighted by Crippen LogP contribution is 2.23. The van der Waals surface area contributed by atoms with Gasteiger partial charge in [-0.15, -0.1) is 11.3 Å². The van der Waals surface area contributed by atoms with Gasteiger partial charge in [-0.1, -0.05) is 0 Å². The van der Waals surface area contributed by atoms with Crippen LogP contribution in [0.2, 0.25) is 0 Å². The van der Waals surface area contributed by atoms with Gasteiger partial charge in [0, 0.05) is 68.4 Å². The molecule has 4 aromatic rings. The standard InChI is InChI=1S/C23H24N4O3S/c1-15-9-19-17(11-22(29)30-20(19)10-16(15)2)13-25-3-5-26(6-4-25)14-18-12-21(28)27-7-8-31-23(27)24-18/h7-12H,3-6,13-14H2,1-2H3. The first-order chi connectivity index (χ1) is 15.0.